The maximum absolute atomic E-state index is 12.6. The Morgan fingerprint density at radius 3 is 2.74 bits per heavy atom. The van der Waals surface area contributed by atoms with Crippen LogP contribution in [-0.4, -0.2) is 28.7 Å². The van der Waals surface area contributed by atoms with E-state index in [-0.39, 0.29) is 24.4 Å². The summed E-state index contributed by atoms with van der Waals surface area (Å²) in [7, 11) is 1.46. The van der Waals surface area contributed by atoms with Crippen molar-refractivity contribution >= 4 is 17.8 Å². The van der Waals surface area contributed by atoms with E-state index in [1.54, 1.807) is 38.1 Å². The Kier molecular flexibility index (Phi) is 7.35. The fourth-order valence-electron chi connectivity index (χ4n) is 3.37. The van der Waals surface area contributed by atoms with Crippen LogP contribution in [0.25, 0.3) is 11.3 Å². The first-order valence-electron chi connectivity index (χ1n) is 10.0. The predicted octanol–water partition coefficient (Wildman–Crippen LogP) is 2.80. The highest BCUT2D eigenvalue weighted by Gasteiger charge is 2.15. The van der Waals surface area contributed by atoms with Crippen molar-refractivity contribution in [2.24, 2.45) is 5.10 Å². The molecule has 3 rings (SSSR count). The number of aromatic nitrogens is 1. The topological polar surface area (TPSA) is 153 Å². The van der Waals surface area contributed by atoms with Gasteiger partial charge in [-0.25, -0.2) is 5.43 Å². The van der Waals surface area contributed by atoms with Gasteiger partial charge < -0.3 is 13.7 Å². The largest absolute Gasteiger partial charge is 0.455 e. The molecule has 0 aliphatic carbocycles. The number of ether oxygens (including phenoxy) is 1. The molecule has 0 unspecified atom stereocenters. The van der Waals surface area contributed by atoms with Crippen LogP contribution in [0.15, 0.2) is 50.7 Å². The fraction of sp³-hybridized carbons (Fsp3) is 0.217. The monoisotopic (exact) mass is 463 g/mol. The van der Waals surface area contributed by atoms with E-state index < -0.39 is 16.4 Å². The lowest BCUT2D eigenvalue weighted by molar-refractivity contribution is -0.384. The van der Waals surface area contributed by atoms with E-state index in [1.807, 2.05) is 6.07 Å². The zero-order chi connectivity index (χ0) is 24.8. The van der Waals surface area contributed by atoms with Crippen molar-refractivity contribution < 1.29 is 18.9 Å². The molecule has 0 atom stereocenters. The van der Waals surface area contributed by atoms with E-state index in [4.69, 9.17) is 9.15 Å². The van der Waals surface area contributed by atoms with E-state index in [2.05, 4.69) is 10.5 Å². The Hall–Kier alpha value is -4.56. The third-order valence-electron chi connectivity index (χ3n) is 5.00. The highest BCUT2D eigenvalue weighted by atomic mass is 16.6. The number of nitrogens with zero attached hydrogens (tertiary/aromatic N) is 4. The number of benzene rings is 1. The number of hydrogen-bond donors (Lipinski definition) is 1. The van der Waals surface area contributed by atoms with Gasteiger partial charge in [-0.15, -0.1) is 0 Å². The zero-order valence-corrected chi connectivity index (χ0v) is 18.7. The summed E-state index contributed by atoms with van der Waals surface area (Å²) in [4.78, 5) is 35.3. The van der Waals surface area contributed by atoms with Crippen molar-refractivity contribution in [2.45, 2.75) is 27.0 Å². The van der Waals surface area contributed by atoms with E-state index in [0.29, 0.717) is 33.9 Å². The number of hydrogen-bond acceptors (Lipinski definition) is 8. The molecular weight excluding hydrogens is 442 g/mol. The number of nitriles is 1. The van der Waals surface area contributed by atoms with Crippen LogP contribution in [0.5, 0.6) is 0 Å². The molecule has 174 valence electrons. The van der Waals surface area contributed by atoms with Crippen molar-refractivity contribution in [3.8, 4) is 17.4 Å². The molecule has 0 aliphatic rings. The van der Waals surface area contributed by atoms with Gasteiger partial charge >= 0.3 is 0 Å². The lowest BCUT2D eigenvalue weighted by Crippen LogP contribution is -2.33. The standard InChI is InChI=1S/C23H21N5O6/c1-14-8-17(28(31)32)4-6-19(14)21-7-5-18(34-21)11-25-26-22(29)12-27-15(2)9-16(13-33-3)20(10-24)23(27)30/h4-9,11H,12-13H2,1-3H3,(H,26,29)/b25-11-. The molecule has 34 heavy (non-hydrogen) atoms. The van der Waals surface area contributed by atoms with Crippen LogP contribution in [-0.2, 0) is 22.7 Å². The summed E-state index contributed by atoms with van der Waals surface area (Å²) in [6.45, 7) is 3.18. The minimum atomic E-state index is -0.581. The van der Waals surface area contributed by atoms with Crippen LogP contribution in [0.4, 0.5) is 5.69 Å². The Morgan fingerprint density at radius 1 is 1.32 bits per heavy atom. The molecule has 3 aromatic rings. The number of methoxy groups -OCH3 is 1. The summed E-state index contributed by atoms with van der Waals surface area (Å²) in [5, 5.41) is 24.0. The average Bonchev–Trinajstić information content (AvgIpc) is 3.25. The first-order valence-corrected chi connectivity index (χ1v) is 10.0. The van der Waals surface area contributed by atoms with Gasteiger partial charge in [0.1, 0.15) is 29.7 Å². The Balaban J connectivity index is 1.69. The van der Waals surface area contributed by atoms with Crippen molar-refractivity contribution in [1.82, 2.24) is 9.99 Å². The summed E-state index contributed by atoms with van der Waals surface area (Å²) in [5.41, 5.74) is 3.98. The molecule has 0 aliphatic heterocycles. The molecule has 2 aromatic heterocycles. The Bertz CT molecular complexity index is 1380. The van der Waals surface area contributed by atoms with Crippen LogP contribution in [0, 0.1) is 35.3 Å². The molecule has 1 N–H and O–H groups in total. The van der Waals surface area contributed by atoms with Crippen molar-refractivity contribution in [2.75, 3.05) is 7.11 Å². The minimum Gasteiger partial charge on any atom is -0.455 e. The third kappa shape index (κ3) is 5.25. The lowest BCUT2D eigenvalue weighted by Gasteiger charge is -2.12. The smallest absolute Gasteiger partial charge is 0.269 e. The Morgan fingerprint density at radius 2 is 2.09 bits per heavy atom. The number of carbonyl (C=O) groups excluding carboxylic acids is 1. The quantitative estimate of drug-likeness (QED) is 0.306. The van der Waals surface area contributed by atoms with Crippen LogP contribution >= 0.6 is 0 Å². The second kappa shape index (κ2) is 10.4. The SMILES string of the molecule is COCc1cc(C)n(CC(=O)N/N=C\c2ccc(-c3ccc([N+](=O)[O-])cc3C)o2)c(=O)c1C#N. The van der Waals surface area contributed by atoms with Gasteiger partial charge in [0.25, 0.3) is 17.2 Å². The average molecular weight is 463 g/mol. The summed E-state index contributed by atoms with van der Waals surface area (Å²) >= 11 is 0. The summed E-state index contributed by atoms with van der Waals surface area (Å²) in [5.74, 6) is 0.266. The van der Waals surface area contributed by atoms with E-state index >= 15 is 0 Å². The molecule has 1 aromatic carbocycles. The lowest BCUT2D eigenvalue weighted by atomic mass is 10.1. The molecule has 11 nitrogen and oxygen atoms in total. The number of nitrogens with one attached hydrogen (secondary N) is 1. The number of hydrazone groups is 1. The van der Waals surface area contributed by atoms with Gasteiger partial charge in [-0.3, -0.25) is 19.7 Å². The van der Waals surface area contributed by atoms with E-state index in [9.17, 15) is 25.0 Å². The van der Waals surface area contributed by atoms with Gasteiger partial charge in [0.2, 0.25) is 0 Å². The molecule has 0 fully saturated rings. The highest BCUT2D eigenvalue weighted by Crippen LogP contribution is 2.28. The van der Waals surface area contributed by atoms with Crippen molar-refractivity contribution in [1.29, 1.82) is 5.26 Å². The maximum Gasteiger partial charge on any atom is 0.269 e. The number of furan rings is 1. The highest BCUT2D eigenvalue weighted by molar-refractivity contribution is 5.81. The third-order valence-corrected chi connectivity index (χ3v) is 5.00. The molecule has 0 radical (unpaired) electrons. The molecular formula is C23H21N5O6. The first kappa shape index (κ1) is 24.1. The van der Waals surface area contributed by atoms with E-state index in [1.165, 1.54) is 30.0 Å². The number of non-ortho nitro benzene ring substituents is 1. The van der Waals surface area contributed by atoms with Gasteiger partial charge in [0.15, 0.2) is 0 Å². The number of nitro groups is 1. The molecule has 0 spiro atoms. The van der Waals surface area contributed by atoms with Gasteiger partial charge in [0.05, 0.1) is 17.7 Å². The van der Waals surface area contributed by atoms with Gasteiger partial charge in [0, 0.05) is 36.1 Å². The van der Waals surface area contributed by atoms with Crippen LogP contribution in [0.3, 0.4) is 0 Å². The van der Waals surface area contributed by atoms with Crippen LogP contribution < -0.4 is 11.0 Å². The fourth-order valence-corrected chi connectivity index (χ4v) is 3.37. The number of amides is 1. The molecule has 0 saturated heterocycles. The van der Waals surface area contributed by atoms with Crippen molar-refractivity contribution in [3.05, 3.63) is 85.0 Å². The molecule has 1 amide bonds. The number of nitro benzene ring substituents is 1. The number of rotatable bonds is 8. The maximum atomic E-state index is 12.6. The summed E-state index contributed by atoms with van der Waals surface area (Å²) in [6, 6.07) is 11.3. The van der Waals surface area contributed by atoms with Gasteiger partial charge in [-0.05, 0) is 43.7 Å². The van der Waals surface area contributed by atoms with Crippen LogP contribution in [0.1, 0.15) is 28.1 Å². The second-order valence-electron chi connectivity index (χ2n) is 7.37. The summed E-state index contributed by atoms with van der Waals surface area (Å²) < 4.78 is 11.9. The van der Waals surface area contributed by atoms with Gasteiger partial charge in [-0.2, -0.15) is 10.4 Å². The molecule has 0 saturated carbocycles. The van der Waals surface area contributed by atoms with Gasteiger partial charge in [-0.1, -0.05) is 0 Å². The Labute approximate surface area is 194 Å². The van der Waals surface area contributed by atoms with Crippen molar-refractivity contribution in [3.63, 3.8) is 0 Å². The number of aryl methyl sites for hydroxylation is 2. The van der Waals surface area contributed by atoms with Crippen LogP contribution in [0.2, 0.25) is 0 Å². The van der Waals surface area contributed by atoms with E-state index in [0.717, 1.165) is 0 Å². The number of carbonyl (C=O) groups is 1. The molecule has 0 bridgehead atoms. The summed E-state index contributed by atoms with van der Waals surface area (Å²) in [6.07, 6.45) is 1.29. The zero-order valence-electron chi connectivity index (χ0n) is 18.7. The molecule has 2 heterocycles. The molecule has 11 heteroatoms. The number of pyridine rings is 1. The minimum absolute atomic E-state index is 0.0122. The normalized spacial score (nSPS) is 10.9. The first-order chi connectivity index (χ1) is 16.2. The second-order valence-corrected chi connectivity index (χ2v) is 7.37. The predicted molar refractivity (Wildman–Crippen MR) is 122 cm³/mol.